The van der Waals surface area contributed by atoms with E-state index in [0.29, 0.717) is 17.2 Å². The molecule has 0 rings (SSSR count). The maximum absolute atomic E-state index is 11.5. The number of ether oxygens (including phenoxy) is 1. The van der Waals surface area contributed by atoms with Crippen molar-refractivity contribution in [3.63, 3.8) is 0 Å². The highest BCUT2D eigenvalue weighted by atomic mass is 35.5. The predicted molar refractivity (Wildman–Crippen MR) is 68.4 cm³/mol. The maximum atomic E-state index is 11.5. The summed E-state index contributed by atoms with van der Waals surface area (Å²) in [7, 11) is 0. The minimum atomic E-state index is -0.370. The van der Waals surface area contributed by atoms with Crippen LogP contribution in [0.15, 0.2) is 23.8 Å². The third-order valence-corrected chi connectivity index (χ3v) is 2.81. The van der Waals surface area contributed by atoms with E-state index in [4.69, 9.17) is 16.3 Å². The summed E-state index contributed by atoms with van der Waals surface area (Å²) in [5.41, 5.74) is 0.371. The Labute approximate surface area is 103 Å². The van der Waals surface area contributed by atoms with Crippen LogP contribution in [0.5, 0.6) is 0 Å². The Hall–Kier alpha value is -0.760. The minimum Gasteiger partial charge on any atom is -0.462 e. The molecular weight excluding hydrogens is 224 g/mol. The summed E-state index contributed by atoms with van der Waals surface area (Å²) in [5, 5.41) is 0.410. The third-order valence-electron chi connectivity index (χ3n) is 2.49. The number of halogens is 1. The van der Waals surface area contributed by atoms with Crippen molar-refractivity contribution in [2.24, 2.45) is 5.92 Å². The van der Waals surface area contributed by atoms with E-state index in [1.165, 1.54) is 12.8 Å². The second-order valence-electron chi connectivity index (χ2n) is 3.89. The first-order valence-electron chi connectivity index (χ1n) is 5.70. The van der Waals surface area contributed by atoms with Crippen molar-refractivity contribution in [1.29, 1.82) is 0 Å². The van der Waals surface area contributed by atoms with Gasteiger partial charge in [-0.3, -0.25) is 0 Å². The fourth-order valence-electron chi connectivity index (χ4n) is 1.15. The molecule has 0 aromatic carbocycles. The van der Waals surface area contributed by atoms with Gasteiger partial charge in [-0.2, -0.15) is 0 Å². The van der Waals surface area contributed by atoms with Gasteiger partial charge in [0.2, 0.25) is 0 Å². The molecule has 0 bridgehead atoms. The summed E-state index contributed by atoms with van der Waals surface area (Å²) in [5.74, 6) is -0.601. The summed E-state index contributed by atoms with van der Waals surface area (Å²) in [4.78, 5) is 11.5. The molecule has 0 saturated heterocycles. The van der Waals surface area contributed by atoms with Crippen molar-refractivity contribution in [3.8, 4) is 0 Å². The number of carbonyl (C=O) groups is 1. The van der Waals surface area contributed by atoms with E-state index in [-0.39, 0.29) is 11.9 Å². The number of hydrogen-bond donors (Lipinski definition) is 0. The average molecular weight is 245 g/mol. The van der Waals surface area contributed by atoms with E-state index in [2.05, 4.69) is 20.1 Å². The number of hydrogen-bond acceptors (Lipinski definition) is 2. The number of esters is 1. The summed E-state index contributed by atoms with van der Waals surface area (Å²) in [6, 6.07) is 0. The number of rotatable bonds is 8. The van der Waals surface area contributed by atoms with E-state index in [9.17, 15) is 4.79 Å². The van der Waals surface area contributed by atoms with Crippen LogP contribution < -0.4 is 0 Å². The molecule has 1 unspecified atom stereocenters. The second-order valence-corrected chi connectivity index (χ2v) is 4.38. The van der Waals surface area contributed by atoms with E-state index >= 15 is 0 Å². The SMILES string of the molecule is C=C(Cl)C(C)C(=C)C(=O)OCCCCCC. The Bertz CT molecular complexity index is 259. The van der Waals surface area contributed by atoms with Gasteiger partial charge in [-0.1, -0.05) is 57.9 Å². The van der Waals surface area contributed by atoms with E-state index < -0.39 is 0 Å². The van der Waals surface area contributed by atoms with E-state index in [1.54, 1.807) is 6.92 Å². The molecule has 0 amide bonds. The highest BCUT2D eigenvalue weighted by Gasteiger charge is 2.17. The van der Waals surface area contributed by atoms with Gasteiger partial charge in [0.1, 0.15) is 0 Å². The van der Waals surface area contributed by atoms with Crippen LogP contribution in [0.4, 0.5) is 0 Å². The first kappa shape index (κ1) is 15.2. The molecule has 0 aliphatic rings. The van der Waals surface area contributed by atoms with Gasteiger partial charge < -0.3 is 4.74 Å². The zero-order valence-corrected chi connectivity index (χ0v) is 11.0. The standard InChI is InChI=1S/C13H21ClO2/c1-5-6-7-8-9-16-13(15)11(3)10(2)12(4)14/h10H,3-9H2,1-2H3. The van der Waals surface area contributed by atoms with Gasteiger partial charge in [0.15, 0.2) is 0 Å². The normalized spacial score (nSPS) is 11.9. The molecule has 0 aromatic heterocycles. The van der Waals surface area contributed by atoms with Crippen LogP contribution in [0.2, 0.25) is 0 Å². The van der Waals surface area contributed by atoms with Gasteiger partial charge in [-0.05, 0) is 6.42 Å². The van der Waals surface area contributed by atoms with E-state index in [1.807, 2.05) is 0 Å². The Balaban J connectivity index is 3.80. The maximum Gasteiger partial charge on any atom is 0.334 e. The highest BCUT2D eigenvalue weighted by molar-refractivity contribution is 6.30. The topological polar surface area (TPSA) is 26.3 Å². The average Bonchev–Trinajstić information content (AvgIpc) is 2.26. The van der Waals surface area contributed by atoms with Crippen molar-refractivity contribution >= 4 is 17.6 Å². The van der Waals surface area contributed by atoms with E-state index in [0.717, 1.165) is 12.8 Å². The number of unbranched alkanes of at least 4 members (excludes halogenated alkanes) is 3. The van der Waals surface area contributed by atoms with Crippen molar-refractivity contribution in [3.05, 3.63) is 23.8 Å². The molecular formula is C13H21ClO2. The zero-order valence-electron chi connectivity index (χ0n) is 10.2. The quantitative estimate of drug-likeness (QED) is 0.366. The largest absolute Gasteiger partial charge is 0.462 e. The molecule has 0 fully saturated rings. The first-order chi connectivity index (χ1) is 7.50. The van der Waals surface area contributed by atoms with Gasteiger partial charge in [0.25, 0.3) is 0 Å². The van der Waals surface area contributed by atoms with Crippen LogP contribution in [0.3, 0.4) is 0 Å². The lowest BCUT2D eigenvalue weighted by Crippen LogP contribution is -2.13. The smallest absolute Gasteiger partial charge is 0.334 e. The van der Waals surface area contributed by atoms with Gasteiger partial charge in [-0.25, -0.2) is 4.79 Å². The fourth-order valence-corrected chi connectivity index (χ4v) is 1.28. The highest BCUT2D eigenvalue weighted by Crippen LogP contribution is 2.21. The van der Waals surface area contributed by atoms with Crippen LogP contribution >= 0.6 is 11.6 Å². The van der Waals surface area contributed by atoms with Crippen molar-refractivity contribution in [2.45, 2.75) is 39.5 Å². The monoisotopic (exact) mass is 244 g/mol. The van der Waals surface area contributed by atoms with Crippen LogP contribution in [0.1, 0.15) is 39.5 Å². The number of allylic oxidation sites excluding steroid dienone is 1. The molecule has 3 heteroatoms. The van der Waals surface area contributed by atoms with Crippen LogP contribution in [0, 0.1) is 5.92 Å². The lowest BCUT2D eigenvalue weighted by molar-refractivity contribution is -0.139. The lowest BCUT2D eigenvalue weighted by Gasteiger charge is -2.12. The molecule has 0 radical (unpaired) electrons. The molecule has 1 atom stereocenters. The van der Waals surface area contributed by atoms with Crippen molar-refractivity contribution < 1.29 is 9.53 Å². The Morgan fingerprint density at radius 2 is 1.94 bits per heavy atom. The molecule has 0 aliphatic carbocycles. The first-order valence-corrected chi connectivity index (χ1v) is 6.08. The lowest BCUT2D eigenvalue weighted by atomic mass is 10.0. The molecule has 16 heavy (non-hydrogen) atoms. The molecule has 0 N–H and O–H groups in total. The van der Waals surface area contributed by atoms with Gasteiger partial charge in [0.05, 0.1) is 6.61 Å². The minimum absolute atomic E-state index is 0.232. The summed E-state index contributed by atoms with van der Waals surface area (Å²) < 4.78 is 5.08. The predicted octanol–water partition coefficient (Wildman–Crippen LogP) is 4.05. The third kappa shape index (κ3) is 5.96. The molecule has 0 heterocycles. The Morgan fingerprint density at radius 1 is 1.31 bits per heavy atom. The van der Waals surface area contributed by atoms with Gasteiger partial charge in [0, 0.05) is 16.5 Å². The molecule has 0 spiro atoms. The summed E-state index contributed by atoms with van der Waals surface area (Å²) in [6.45, 7) is 11.6. The molecule has 2 nitrogen and oxygen atoms in total. The van der Waals surface area contributed by atoms with Crippen LogP contribution in [-0.2, 0) is 9.53 Å². The van der Waals surface area contributed by atoms with Crippen LogP contribution in [0.25, 0.3) is 0 Å². The summed E-state index contributed by atoms with van der Waals surface area (Å²) >= 11 is 5.71. The molecule has 0 aliphatic heterocycles. The van der Waals surface area contributed by atoms with Crippen LogP contribution in [-0.4, -0.2) is 12.6 Å². The molecule has 0 aromatic rings. The van der Waals surface area contributed by atoms with Crippen molar-refractivity contribution in [1.82, 2.24) is 0 Å². The van der Waals surface area contributed by atoms with Crippen molar-refractivity contribution in [2.75, 3.05) is 6.61 Å². The fraction of sp³-hybridized carbons (Fsp3) is 0.615. The molecule has 92 valence electrons. The molecule has 0 saturated carbocycles. The van der Waals surface area contributed by atoms with Gasteiger partial charge >= 0.3 is 5.97 Å². The second kappa shape index (κ2) is 8.40. The van der Waals surface area contributed by atoms with Gasteiger partial charge in [-0.15, -0.1) is 0 Å². The Morgan fingerprint density at radius 3 is 2.44 bits per heavy atom. The zero-order chi connectivity index (χ0) is 12.6. The Kier molecular flexibility index (Phi) is 8.00. The number of carbonyl (C=O) groups excluding carboxylic acids is 1. The summed E-state index contributed by atoms with van der Waals surface area (Å²) in [6.07, 6.45) is 4.34.